The van der Waals surface area contributed by atoms with Crippen molar-refractivity contribution in [2.24, 2.45) is 0 Å². The molecule has 1 rings (SSSR count). The Labute approximate surface area is 363 Å². The molecule has 1 aliphatic rings. The summed E-state index contributed by atoms with van der Waals surface area (Å²) in [6.07, 6.45) is 24.6. The van der Waals surface area contributed by atoms with Crippen molar-refractivity contribution in [3.05, 3.63) is 12.2 Å². The highest BCUT2D eigenvalue weighted by Crippen LogP contribution is 2.47. The molecule has 9 N–H and O–H groups in total. The summed E-state index contributed by atoms with van der Waals surface area (Å²) in [5.41, 5.74) is 0. The smallest absolute Gasteiger partial charge is 0.393 e. The van der Waals surface area contributed by atoms with Gasteiger partial charge in [0.25, 0.3) is 0 Å². The zero-order valence-electron chi connectivity index (χ0n) is 37.6. The first kappa shape index (κ1) is 57.1. The number of hydrogen-bond donors (Lipinski definition) is 9. The largest absolute Gasteiger partial charge is 0.472 e. The summed E-state index contributed by atoms with van der Waals surface area (Å²) in [5.74, 6) is -0.592. The molecule has 14 heteroatoms. The molecule has 1 saturated carbocycles. The molecule has 1 amide bonds. The lowest BCUT2D eigenvalue weighted by Gasteiger charge is -2.41. The summed E-state index contributed by atoms with van der Waals surface area (Å²) in [4.78, 5) is 23.4. The number of carbonyl (C=O) groups is 1. The number of aliphatic hydroxyl groups is 7. The van der Waals surface area contributed by atoms with Crippen LogP contribution in [0.2, 0.25) is 0 Å². The van der Waals surface area contributed by atoms with Crippen LogP contribution in [0.25, 0.3) is 0 Å². The summed E-state index contributed by atoms with van der Waals surface area (Å²) in [7, 11) is -5.13. The van der Waals surface area contributed by atoms with E-state index in [4.69, 9.17) is 9.05 Å². The van der Waals surface area contributed by atoms with E-state index in [9.17, 15) is 50.0 Å². The lowest BCUT2D eigenvalue weighted by Crippen LogP contribution is -2.64. The minimum Gasteiger partial charge on any atom is -0.393 e. The van der Waals surface area contributed by atoms with Gasteiger partial charge in [0.1, 0.15) is 36.6 Å². The number of phosphoric ester groups is 1. The van der Waals surface area contributed by atoms with Gasteiger partial charge in [-0.15, -0.1) is 0 Å². The van der Waals surface area contributed by atoms with Gasteiger partial charge >= 0.3 is 7.82 Å². The molecule has 13 nitrogen and oxygen atoms in total. The van der Waals surface area contributed by atoms with Crippen LogP contribution < -0.4 is 5.32 Å². The van der Waals surface area contributed by atoms with Crippen molar-refractivity contribution in [3.63, 3.8) is 0 Å². The van der Waals surface area contributed by atoms with Crippen LogP contribution in [0.15, 0.2) is 12.2 Å². The number of nitrogens with one attached hydrogen (secondary N) is 1. The Hall–Kier alpha value is -0.960. The summed E-state index contributed by atoms with van der Waals surface area (Å²) in [5, 5.41) is 74.4. The Morgan fingerprint density at radius 3 is 1.37 bits per heavy atom. The molecule has 0 bridgehead atoms. The molecule has 1 aliphatic carbocycles. The van der Waals surface area contributed by atoms with Gasteiger partial charge in [-0.2, -0.15) is 0 Å². The number of phosphoric acid groups is 1. The van der Waals surface area contributed by atoms with Crippen molar-refractivity contribution in [1.29, 1.82) is 0 Å². The van der Waals surface area contributed by atoms with Gasteiger partial charge in [0.2, 0.25) is 5.91 Å². The van der Waals surface area contributed by atoms with E-state index in [0.29, 0.717) is 12.8 Å². The van der Waals surface area contributed by atoms with Gasteiger partial charge < -0.3 is 46.0 Å². The van der Waals surface area contributed by atoms with E-state index in [2.05, 4.69) is 19.2 Å². The van der Waals surface area contributed by atoms with E-state index in [1.165, 1.54) is 141 Å². The average molecular weight is 880 g/mol. The molecule has 8 atom stereocenters. The van der Waals surface area contributed by atoms with Gasteiger partial charge in [-0.05, 0) is 19.3 Å². The average Bonchev–Trinajstić information content (AvgIpc) is 3.22. The molecule has 0 aliphatic heterocycles. The Morgan fingerprint density at radius 2 is 0.950 bits per heavy atom. The molecule has 0 aromatic heterocycles. The lowest BCUT2D eigenvalue weighted by atomic mass is 9.85. The first-order valence-corrected chi connectivity index (χ1v) is 25.7. The van der Waals surface area contributed by atoms with Crippen molar-refractivity contribution in [1.82, 2.24) is 5.32 Å². The van der Waals surface area contributed by atoms with Gasteiger partial charge in [0, 0.05) is 0 Å². The number of amides is 1. The van der Waals surface area contributed by atoms with Gasteiger partial charge in [-0.3, -0.25) is 13.8 Å². The van der Waals surface area contributed by atoms with Crippen molar-refractivity contribution < 1.29 is 59.0 Å². The molecule has 60 heavy (non-hydrogen) atoms. The highest BCUT2D eigenvalue weighted by molar-refractivity contribution is 7.47. The van der Waals surface area contributed by atoms with Crippen LogP contribution in [-0.2, 0) is 18.4 Å². The molecule has 0 aromatic rings. The fourth-order valence-corrected chi connectivity index (χ4v) is 8.86. The number of allylic oxidation sites excluding steroid dienone is 1. The number of rotatable bonds is 40. The molecule has 0 radical (unpaired) electrons. The van der Waals surface area contributed by atoms with Crippen LogP contribution in [-0.4, -0.2) is 108 Å². The molecule has 1 fully saturated rings. The normalized spacial score (nSPS) is 23.4. The molecule has 0 saturated heterocycles. The third kappa shape index (κ3) is 28.0. The quantitative estimate of drug-likeness (QED) is 0.0161. The summed E-state index contributed by atoms with van der Waals surface area (Å²) in [6.45, 7) is 3.72. The van der Waals surface area contributed by atoms with Gasteiger partial charge in [-0.25, -0.2) is 4.57 Å². The van der Waals surface area contributed by atoms with Gasteiger partial charge in [0.05, 0.1) is 31.3 Å². The number of hydrogen-bond acceptors (Lipinski definition) is 11. The van der Waals surface area contributed by atoms with Crippen LogP contribution in [0.3, 0.4) is 0 Å². The van der Waals surface area contributed by atoms with Crippen LogP contribution in [0.5, 0.6) is 0 Å². The second kappa shape index (κ2) is 36.4. The molecule has 8 unspecified atom stereocenters. The highest BCUT2D eigenvalue weighted by atomic mass is 31.2. The monoisotopic (exact) mass is 880 g/mol. The van der Waals surface area contributed by atoms with Crippen LogP contribution >= 0.6 is 7.82 Å². The number of unbranched alkanes of at least 4 members (excludes halogenated alkanes) is 27. The first-order valence-electron chi connectivity index (χ1n) is 24.2. The second-order valence-electron chi connectivity index (χ2n) is 17.5. The summed E-state index contributed by atoms with van der Waals surface area (Å²) in [6, 6.07) is -1.23. The topological polar surface area (TPSA) is 226 Å². The zero-order valence-corrected chi connectivity index (χ0v) is 38.5. The SMILES string of the molecule is CCCCCCCCCCCCCCCCCCCCC/C=C/C(O)C(COP(=O)(O)OC1C(O)C(O)C(O)C(O)C1O)NC(=O)CC(O)CCCCCCCCCCC. The van der Waals surface area contributed by atoms with Crippen molar-refractivity contribution >= 4 is 13.7 Å². The van der Waals surface area contributed by atoms with E-state index < -0.39 is 75.2 Å². The van der Waals surface area contributed by atoms with Crippen LogP contribution in [0.4, 0.5) is 0 Å². The maximum Gasteiger partial charge on any atom is 0.472 e. The van der Waals surface area contributed by atoms with E-state index in [1.54, 1.807) is 6.08 Å². The maximum atomic E-state index is 13.0. The third-order valence-corrected chi connectivity index (χ3v) is 12.9. The Morgan fingerprint density at radius 1 is 0.583 bits per heavy atom. The number of aliphatic hydroxyl groups excluding tert-OH is 7. The van der Waals surface area contributed by atoms with Gasteiger partial charge in [-0.1, -0.05) is 199 Å². The number of carbonyl (C=O) groups excluding carboxylic acids is 1. The second-order valence-corrected chi connectivity index (χ2v) is 18.9. The Balaban J connectivity index is 2.48. The fourth-order valence-electron chi connectivity index (χ4n) is 7.89. The molecular weight excluding hydrogens is 789 g/mol. The van der Waals surface area contributed by atoms with Gasteiger partial charge in [0.15, 0.2) is 0 Å². The van der Waals surface area contributed by atoms with Crippen molar-refractivity contribution in [3.8, 4) is 0 Å². The Kier molecular flexibility index (Phi) is 34.6. The maximum absolute atomic E-state index is 13.0. The van der Waals surface area contributed by atoms with Crippen LogP contribution in [0.1, 0.15) is 213 Å². The third-order valence-electron chi connectivity index (χ3n) is 11.9. The fraction of sp³-hybridized carbons (Fsp3) is 0.935. The molecule has 0 spiro atoms. The minimum atomic E-state index is -5.13. The molecule has 0 heterocycles. The molecule has 356 valence electrons. The predicted octanol–water partition coefficient (Wildman–Crippen LogP) is 8.20. The zero-order chi connectivity index (χ0) is 44.4. The minimum absolute atomic E-state index is 0.241. The molecule has 0 aromatic carbocycles. The highest BCUT2D eigenvalue weighted by Gasteiger charge is 2.51. The van der Waals surface area contributed by atoms with Crippen molar-refractivity contribution in [2.75, 3.05) is 6.61 Å². The molecular formula is C46H90NO12P. The van der Waals surface area contributed by atoms with Crippen LogP contribution in [0, 0.1) is 0 Å². The summed E-state index contributed by atoms with van der Waals surface area (Å²) < 4.78 is 22.9. The van der Waals surface area contributed by atoms with E-state index in [-0.39, 0.29) is 6.42 Å². The van der Waals surface area contributed by atoms with E-state index >= 15 is 0 Å². The standard InChI is InChI=1S/C46H90NO12P/c1-3-5-7-9-11-13-14-15-16-17-18-19-20-21-22-23-24-26-28-30-32-34-39(49)38(47-40(50)35-37(48)33-31-29-27-25-12-10-8-6-4-2)36-58-60(56,57)59-46-44(54)42(52)41(51)43(53)45(46)55/h32,34,37-39,41-46,48-49,51-55H,3-31,33,35-36H2,1-2H3,(H,47,50)(H,56,57)/b34-32+. The van der Waals surface area contributed by atoms with E-state index in [1.807, 2.05) is 0 Å². The van der Waals surface area contributed by atoms with Crippen molar-refractivity contribution in [2.45, 2.75) is 268 Å². The van der Waals surface area contributed by atoms with E-state index in [0.717, 1.165) is 44.9 Å². The summed E-state index contributed by atoms with van der Waals surface area (Å²) >= 11 is 0. The first-order chi connectivity index (χ1) is 28.8. The predicted molar refractivity (Wildman–Crippen MR) is 238 cm³/mol. The lowest BCUT2D eigenvalue weighted by molar-refractivity contribution is -0.220. The Bertz CT molecular complexity index is 1090.